The van der Waals surface area contributed by atoms with E-state index in [1.54, 1.807) is 0 Å². The van der Waals surface area contributed by atoms with E-state index in [1.807, 2.05) is 0 Å². The van der Waals surface area contributed by atoms with Gasteiger partial charge in [0, 0.05) is 44.8 Å². The molecule has 0 unspecified atom stereocenters. The van der Waals surface area contributed by atoms with Gasteiger partial charge in [-0.1, -0.05) is 6.92 Å². The van der Waals surface area contributed by atoms with Crippen LogP contribution in [0.2, 0.25) is 0 Å². The summed E-state index contributed by atoms with van der Waals surface area (Å²) in [5, 5.41) is 7.14. The molecule has 0 bridgehead atoms. The van der Waals surface area contributed by atoms with Crippen LogP contribution < -0.4 is 10.6 Å². The molecule has 0 amide bonds. The summed E-state index contributed by atoms with van der Waals surface area (Å²) in [4.78, 5) is 2.61. The quantitative estimate of drug-likeness (QED) is 0.735. The van der Waals surface area contributed by atoms with Gasteiger partial charge in [-0.15, -0.1) is 0 Å². The Morgan fingerprint density at radius 2 is 1.88 bits per heavy atom. The average Bonchev–Trinajstić information content (AvgIpc) is 3.11. The molecular formula is C14H29N3. The highest BCUT2D eigenvalue weighted by Gasteiger charge is 2.40. The maximum Gasteiger partial charge on any atom is 0.0278 e. The van der Waals surface area contributed by atoms with Gasteiger partial charge in [-0.3, -0.25) is 4.90 Å². The van der Waals surface area contributed by atoms with Crippen LogP contribution in [0.1, 0.15) is 40.0 Å². The van der Waals surface area contributed by atoms with E-state index >= 15 is 0 Å². The fraction of sp³-hybridized carbons (Fsp3) is 1.00. The molecule has 2 fully saturated rings. The van der Waals surface area contributed by atoms with Crippen molar-refractivity contribution < 1.29 is 0 Å². The fourth-order valence-electron chi connectivity index (χ4n) is 2.85. The monoisotopic (exact) mass is 239 g/mol. The van der Waals surface area contributed by atoms with E-state index in [4.69, 9.17) is 0 Å². The van der Waals surface area contributed by atoms with Crippen molar-refractivity contribution in [2.75, 3.05) is 39.3 Å². The second-order valence-corrected chi connectivity index (χ2v) is 6.51. The van der Waals surface area contributed by atoms with Crippen LogP contribution in [0.25, 0.3) is 0 Å². The zero-order valence-electron chi connectivity index (χ0n) is 11.8. The van der Waals surface area contributed by atoms with Crippen LogP contribution in [0.3, 0.4) is 0 Å². The lowest BCUT2D eigenvalue weighted by Gasteiger charge is -2.41. The number of piperazine rings is 1. The van der Waals surface area contributed by atoms with Crippen LogP contribution in [-0.4, -0.2) is 49.7 Å². The van der Waals surface area contributed by atoms with Crippen LogP contribution >= 0.6 is 0 Å². The molecule has 0 atom stereocenters. The first-order chi connectivity index (χ1) is 8.08. The molecule has 17 heavy (non-hydrogen) atoms. The molecule has 3 heteroatoms. The molecule has 1 aliphatic heterocycles. The Morgan fingerprint density at radius 3 is 2.41 bits per heavy atom. The summed E-state index contributed by atoms with van der Waals surface area (Å²) in [5.41, 5.74) is 0.964. The van der Waals surface area contributed by atoms with Crippen LogP contribution in [0.5, 0.6) is 0 Å². The first-order valence-electron chi connectivity index (χ1n) is 7.25. The number of hydrogen-bond donors (Lipinski definition) is 2. The van der Waals surface area contributed by atoms with Crippen molar-refractivity contribution in [3.8, 4) is 0 Å². The normalized spacial score (nSPS) is 24.9. The van der Waals surface area contributed by atoms with Gasteiger partial charge in [-0.05, 0) is 38.5 Å². The van der Waals surface area contributed by atoms with Crippen molar-refractivity contribution in [3.05, 3.63) is 0 Å². The lowest BCUT2D eigenvalue weighted by Crippen LogP contribution is -2.57. The van der Waals surface area contributed by atoms with Crippen LogP contribution in [0.4, 0.5) is 0 Å². The molecule has 100 valence electrons. The highest BCUT2D eigenvalue weighted by Crippen LogP contribution is 2.47. The Balaban J connectivity index is 1.72. The topological polar surface area (TPSA) is 27.3 Å². The van der Waals surface area contributed by atoms with Gasteiger partial charge in [0.25, 0.3) is 0 Å². The first kappa shape index (κ1) is 13.3. The molecule has 3 nitrogen and oxygen atoms in total. The lowest BCUT2D eigenvalue weighted by molar-refractivity contribution is 0.101. The zero-order chi connectivity index (χ0) is 12.4. The second-order valence-electron chi connectivity index (χ2n) is 6.51. The van der Waals surface area contributed by atoms with Crippen molar-refractivity contribution in [2.45, 2.75) is 45.6 Å². The SMILES string of the molecule is CCC1(CNCC(C)(C)N2CCNCC2)CC1. The molecule has 0 aromatic heterocycles. The van der Waals surface area contributed by atoms with E-state index in [2.05, 4.69) is 36.3 Å². The van der Waals surface area contributed by atoms with Crippen LogP contribution in [-0.2, 0) is 0 Å². The number of rotatable bonds is 6. The third-order valence-electron chi connectivity index (χ3n) is 4.74. The number of nitrogens with zero attached hydrogens (tertiary/aromatic N) is 1. The highest BCUT2D eigenvalue weighted by atomic mass is 15.2. The summed E-state index contributed by atoms with van der Waals surface area (Å²) >= 11 is 0. The lowest BCUT2D eigenvalue weighted by atomic mass is 10.00. The summed E-state index contributed by atoms with van der Waals surface area (Å²) < 4.78 is 0. The summed E-state index contributed by atoms with van der Waals surface area (Å²) in [5.74, 6) is 0. The summed E-state index contributed by atoms with van der Waals surface area (Å²) in [6.45, 7) is 14.1. The molecule has 0 spiro atoms. The molecule has 2 N–H and O–H groups in total. The Hall–Kier alpha value is -0.120. The molecular weight excluding hydrogens is 210 g/mol. The minimum absolute atomic E-state index is 0.298. The van der Waals surface area contributed by atoms with Crippen molar-refractivity contribution in [3.63, 3.8) is 0 Å². The van der Waals surface area contributed by atoms with Gasteiger partial charge in [0.05, 0.1) is 0 Å². The van der Waals surface area contributed by atoms with E-state index < -0.39 is 0 Å². The van der Waals surface area contributed by atoms with E-state index in [1.165, 1.54) is 38.9 Å². The largest absolute Gasteiger partial charge is 0.314 e. The van der Waals surface area contributed by atoms with Gasteiger partial charge in [0.1, 0.15) is 0 Å². The third kappa shape index (κ3) is 3.43. The van der Waals surface area contributed by atoms with Gasteiger partial charge in [0.2, 0.25) is 0 Å². The zero-order valence-corrected chi connectivity index (χ0v) is 11.8. The highest BCUT2D eigenvalue weighted by molar-refractivity contribution is 4.95. The Labute approximate surface area is 106 Å². The Morgan fingerprint density at radius 1 is 1.24 bits per heavy atom. The van der Waals surface area contributed by atoms with E-state index in [-0.39, 0.29) is 0 Å². The smallest absolute Gasteiger partial charge is 0.0278 e. The standard InChI is InChI=1S/C14H29N3/c1-4-14(5-6-14)12-16-11-13(2,3)17-9-7-15-8-10-17/h15-16H,4-12H2,1-3H3. The van der Waals surface area contributed by atoms with E-state index in [0.717, 1.165) is 19.6 Å². The molecule has 2 rings (SSSR count). The summed E-state index contributed by atoms with van der Waals surface area (Å²) in [7, 11) is 0. The van der Waals surface area contributed by atoms with Crippen molar-refractivity contribution in [1.82, 2.24) is 15.5 Å². The molecule has 2 aliphatic rings. The maximum atomic E-state index is 3.71. The second kappa shape index (κ2) is 5.25. The predicted molar refractivity (Wildman–Crippen MR) is 73.3 cm³/mol. The van der Waals surface area contributed by atoms with Gasteiger partial charge >= 0.3 is 0 Å². The Kier molecular flexibility index (Phi) is 4.11. The minimum atomic E-state index is 0.298. The molecule has 0 aromatic rings. The molecule has 1 aliphatic carbocycles. The van der Waals surface area contributed by atoms with Gasteiger partial charge < -0.3 is 10.6 Å². The predicted octanol–water partition coefficient (Wildman–Crippen LogP) is 1.45. The fourth-order valence-corrected chi connectivity index (χ4v) is 2.85. The maximum absolute atomic E-state index is 3.71. The number of hydrogen-bond acceptors (Lipinski definition) is 3. The minimum Gasteiger partial charge on any atom is -0.314 e. The van der Waals surface area contributed by atoms with Gasteiger partial charge in [-0.25, -0.2) is 0 Å². The van der Waals surface area contributed by atoms with Crippen molar-refractivity contribution >= 4 is 0 Å². The van der Waals surface area contributed by atoms with Gasteiger partial charge in [0.15, 0.2) is 0 Å². The molecule has 0 aromatic carbocycles. The van der Waals surface area contributed by atoms with Crippen LogP contribution in [0.15, 0.2) is 0 Å². The Bertz CT molecular complexity index is 240. The van der Waals surface area contributed by atoms with Crippen molar-refractivity contribution in [1.29, 1.82) is 0 Å². The molecule has 1 saturated carbocycles. The van der Waals surface area contributed by atoms with E-state index in [0.29, 0.717) is 11.0 Å². The average molecular weight is 239 g/mol. The molecule has 0 radical (unpaired) electrons. The van der Waals surface area contributed by atoms with Crippen LogP contribution in [0, 0.1) is 5.41 Å². The summed E-state index contributed by atoms with van der Waals surface area (Å²) in [6, 6.07) is 0. The van der Waals surface area contributed by atoms with Crippen molar-refractivity contribution in [2.24, 2.45) is 5.41 Å². The molecule has 1 saturated heterocycles. The van der Waals surface area contributed by atoms with E-state index in [9.17, 15) is 0 Å². The number of nitrogens with one attached hydrogen (secondary N) is 2. The third-order valence-corrected chi connectivity index (χ3v) is 4.74. The van der Waals surface area contributed by atoms with Gasteiger partial charge in [-0.2, -0.15) is 0 Å². The first-order valence-corrected chi connectivity index (χ1v) is 7.25. The molecule has 1 heterocycles. The summed E-state index contributed by atoms with van der Waals surface area (Å²) in [6.07, 6.45) is 4.21.